The second-order valence-corrected chi connectivity index (χ2v) is 7.56. The first-order valence-electron chi connectivity index (χ1n) is 10.9. The van der Waals surface area contributed by atoms with Gasteiger partial charge in [0, 0.05) is 38.3 Å². The van der Waals surface area contributed by atoms with Gasteiger partial charge in [-0.05, 0) is 56.2 Å². The Morgan fingerprint density at radius 2 is 1.62 bits per heavy atom. The molecular weight excluding hydrogens is 421 g/mol. The number of amides is 1. The molecule has 1 saturated heterocycles. The van der Waals surface area contributed by atoms with Crippen LogP contribution in [0.4, 0.5) is 18.9 Å². The van der Waals surface area contributed by atoms with Crippen molar-refractivity contribution in [1.29, 1.82) is 0 Å². The molecule has 0 saturated carbocycles. The molecule has 8 heteroatoms. The van der Waals surface area contributed by atoms with Gasteiger partial charge in [-0.25, -0.2) is 0 Å². The van der Waals surface area contributed by atoms with Crippen molar-refractivity contribution in [3.05, 3.63) is 53.6 Å². The second-order valence-electron chi connectivity index (χ2n) is 7.56. The Kier molecular flexibility index (Phi) is 7.88. The molecule has 2 aromatic rings. The van der Waals surface area contributed by atoms with Gasteiger partial charge in [-0.15, -0.1) is 0 Å². The van der Waals surface area contributed by atoms with Crippen LogP contribution in [0.25, 0.3) is 0 Å². The summed E-state index contributed by atoms with van der Waals surface area (Å²) >= 11 is 0. The SMILES string of the molecule is CCOc1ccc(CCC(=O)N2CCN(c3cccc(C(F)(F)F)c3)CC2)cc1OCC. The van der Waals surface area contributed by atoms with Gasteiger partial charge in [0.15, 0.2) is 11.5 Å². The van der Waals surface area contributed by atoms with Crippen molar-refractivity contribution < 1.29 is 27.4 Å². The highest BCUT2D eigenvalue weighted by atomic mass is 19.4. The van der Waals surface area contributed by atoms with Crippen molar-refractivity contribution in [3.8, 4) is 11.5 Å². The zero-order valence-electron chi connectivity index (χ0n) is 18.5. The molecule has 0 spiro atoms. The van der Waals surface area contributed by atoms with Crippen molar-refractivity contribution in [3.63, 3.8) is 0 Å². The summed E-state index contributed by atoms with van der Waals surface area (Å²) in [6.45, 7) is 6.88. The largest absolute Gasteiger partial charge is 0.490 e. The normalized spacial score (nSPS) is 14.4. The van der Waals surface area contributed by atoms with Crippen LogP contribution in [-0.4, -0.2) is 50.2 Å². The van der Waals surface area contributed by atoms with Crippen LogP contribution in [0.2, 0.25) is 0 Å². The molecule has 5 nitrogen and oxygen atoms in total. The number of halogens is 3. The van der Waals surface area contributed by atoms with Crippen LogP contribution in [0.3, 0.4) is 0 Å². The number of benzene rings is 2. The molecule has 0 bridgehead atoms. The fraction of sp³-hybridized carbons (Fsp3) is 0.458. The molecule has 1 amide bonds. The number of anilines is 1. The van der Waals surface area contributed by atoms with E-state index in [2.05, 4.69) is 0 Å². The van der Waals surface area contributed by atoms with E-state index in [1.54, 1.807) is 11.0 Å². The molecule has 1 heterocycles. The molecule has 0 unspecified atom stereocenters. The van der Waals surface area contributed by atoms with Gasteiger partial charge >= 0.3 is 6.18 Å². The molecule has 2 aromatic carbocycles. The van der Waals surface area contributed by atoms with Gasteiger partial charge in [0.1, 0.15) is 0 Å². The number of carbonyl (C=O) groups is 1. The van der Waals surface area contributed by atoms with Crippen LogP contribution in [0.5, 0.6) is 11.5 Å². The first-order valence-corrected chi connectivity index (χ1v) is 10.9. The number of carbonyl (C=O) groups excluding carboxylic acids is 1. The van der Waals surface area contributed by atoms with Crippen molar-refractivity contribution in [1.82, 2.24) is 4.90 Å². The van der Waals surface area contributed by atoms with E-state index in [4.69, 9.17) is 9.47 Å². The number of rotatable bonds is 8. The number of hydrogen-bond acceptors (Lipinski definition) is 4. The molecule has 0 N–H and O–H groups in total. The third-order valence-electron chi connectivity index (χ3n) is 5.41. The lowest BCUT2D eigenvalue weighted by Crippen LogP contribution is -2.48. The third kappa shape index (κ3) is 6.08. The van der Waals surface area contributed by atoms with E-state index in [-0.39, 0.29) is 5.91 Å². The first kappa shape index (κ1) is 23.8. The Morgan fingerprint density at radius 3 is 2.28 bits per heavy atom. The molecule has 1 fully saturated rings. The molecule has 0 atom stereocenters. The lowest BCUT2D eigenvalue weighted by Gasteiger charge is -2.36. The highest BCUT2D eigenvalue weighted by Gasteiger charge is 2.31. The van der Waals surface area contributed by atoms with Crippen molar-refractivity contribution >= 4 is 11.6 Å². The number of hydrogen-bond donors (Lipinski definition) is 0. The Hall–Kier alpha value is -2.90. The summed E-state index contributed by atoms with van der Waals surface area (Å²) in [5, 5.41) is 0. The summed E-state index contributed by atoms with van der Waals surface area (Å²) in [7, 11) is 0. The van der Waals surface area contributed by atoms with Gasteiger partial charge in [-0.2, -0.15) is 13.2 Å². The Balaban J connectivity index is 1.53. The summed E-state index contributed by atoms with van der Waals surface area (Å²) in [5.74, 6) is 1.41. The maximum atomic E-state index is 13.0. The lowest BCUT2D eigenvalue weighted by atomic mass is 10.1. The fourth-order valence-electron chi connectivity index (χ4n) is 3.75. The first-order chi connectivity index (χ1) is 15.3. The van der Waals surface area contributed by atoms with Crippen LogP contribution in [0.15, 0.2) is 42.5 Å². The Morgan fingerprint density at radius 1 is 0.938 bits per heavy atom. The van der Waals surface area contributed by atoms with E-state index >= 15 is 0 Å². The minimum atomic E-state index is -4.36. The van der Waals surface area contributed by atoms with Gasteiger partial charge in [-0.1, -0.05) is 12.1 Å². The summed E-state index contributed by atoms with van der Waals surface area (Å²) in [6, 6.07) is 11.0. The quantitative estimate of drug-likeness (QED) is 0.580. The van der Waals surface area contributed by atoms with E-state index in [9.17, 15) is 18.0 Å². The molecule has 0 aromatic heterocycles. The van der Waals surface area contributed by atoms with Crippen LogP contribution in [-0.2, 0) is 17.4 Å². The van der Waals surface area contributed by atoms with E-state index in [1.807, 2.05) is 36.9 Å². The highest BCUT2D eigenvalue weighted by molar-refractivity contribution is 5.77. The van der Waals surface area contributed by atoms with Crippen molar-refractivity contribution in [2.24, 2.45) is 0 Å². The number of ether oxygens (including phenoxy) is 2. The predicted octanol–water partition coefficient (Wildman–Crippen LogP) is 4.78. The minimum Gasteiger partial charge on any atom is -0.490 e. The average Bonchev–Trinajstić information content (AvgIpc) is 2.79. The van der Waals surface area contributed by atoms with Crippen LogP contribution < -0.4 is 14.4 Å². The number of alkyl halides is 3. The van der Waals surface area contributed by atoms with E-state index in [0.29, 0.717) is 69.4 Å². The second kappa shape index (κ2) is 10.6. The molecule has 3 rings (SSSR count). The molecule has 1 aliphatic heterocycles. The molecule has 174 valence electrons. The van der Waals surface area contributed by atoms with E-state index in [0.717, 1.165) is 11.6 Å². The highest BCUT2D eigenvalue weighted by Crippen LogP contribution is 2.32. The molecule has 0 radical (unpaired) electrons. The number of aryl methyl sites for hydroxylation is 1. The topological polar surface area (TPSA) is 42.0 Å². The zero-order valence-corrected chi connectivity index (χ0v) is 18.5. The number of nitrogens with zero attached hydrogens (tertiary/aromatic N) is 2. The maximum Gasteiger partial charge on any atom is 0.416 e. The summed E-state index contributed by atoms with van der Waals surface area (Å²) < 4.78 is 50.1. The molecule has 1 aliphatic rings. The van der Waals surface area contributed by atoms with E-state index in [1.165, 1.54) is 12.1 Å². The fourth-order valence-corrected chi connectivity index (χ4v) is 3.75. The van der Waals surface area contributed by atoms with Gasteiger partial charge in [0.25, 0.3) is 0 Å². The van der Waals surface area contributed by atoms with Gasteiger partial charge in [0.2, 0.25) is 5.91 Å². The van der Waals surface area contributed by atoms with Gasteiger partial charge < -0.3 is 19.3 Å². The molecular formula is C24H29F3N2O3. The molecule has 32 heavy (non-hydrogen) atoms. The van der Waals surface area contributed by atoms with Crippen molar-refractivity contribution in [2.75, 3.05) is 44.3 Å². The minimum absolute atomic E-state index is 0.0422. The molecule has 0 aliphatic carbocycles. The van der Waals surface area contributed by atoms with E-state index < -0.39 is 11.7 Å². The summed E-state index contributed by atoms with van der Waals surface area (Å²) in [5.41, 5.74) is 0.868. The Labute approximate surface area is 186 Å². The van der Waals surface area contributed by atoms with Crippen molar-refractivity contribution in [2.45, 2.75) is 32.9 Å². The van der Waals surface area contributed by atoms with Crippen LogP contribution in [0, 0.1) is 0 Å². The number of piperazine rings is 1. The van der Waals surface area contributed by atoms with Gasteiger partial charge in [-0.3, -0.25) is 4.79 Å². The standard InChI is InChI=1S/C24H29F3N2O3/c1-3-31-21-10-8-18(16-22(21)32-4-2)9-11-23(30)29-14-12-28(13-15-29)20-7-5-6-19(17-20)24(25,26)27/h5-8,10,16-17H,3-4,9,11-15H2,1-2H3. The lowest BCUT2D eigenvalue weighted by molar-refractivity contribution is -0.137. The van der Waals surface area contributed by atoms with Crippen LogP contribution in [0.1, 0.15) is 31.4 Å². The smallest absolute Gasteiger partial charge is 0.416 e. The zero-order chi connectivity index (χ0) is 23.1. The van der Waals surface area contributed by atoms with Crippen LogP contribution >= 0.6 is 0 Å². The predicted molar refractivity (Wildman–Crippen MR) is 117 cm³/mol. The maximum absolute atomic E-state index is 13.0. The summed E-state index contributed by atoms with van der Waals surface area (Å²) in [4.78, 5) is 16.4. The third-order valence-corrected chi connectivity index (χ3v) is 5.41. The average molecular weight is 451 g/mol. The Bertz CT molecular complexity index is 910. The van der Waals surface area contributed by atoms with Gasteiger partial charge in [0.05, 0.1) is 18.8 Å². The summed E-state index contributed by atoms with van der Waals surface area (Å²) in [6.07, 6.45) is -3.42. The monoisotopic (exact) mass is 450 g/mol.